The summed E-state index contributed by atoms with van der Waals surface area (Å²) in [7, 11) is 0. The molecule has 0 heterocycles. The predicted octanol–water partition coefficient (Wildman–Crippen LogP) is 3.56. The van der Waals surface area contributed by atoms with Crippen LogP contribution < -0.4 is 10.6 Å². The van der Waals surface area contributed by atoms with Gasteiger partial charge in [-0.25, -0.2) is 9.59 Å². The van der Waals surface area contributed by atoms with E-state index >= 15 is 0 Å². The molecular formula is C21H30N2O5. The van der Waals surface area contributed by atoms with Crippen LogP contribution in [0.5, 0.6) is 0 Å². The van der Waals surface area contributed by atoms with Crippen LogP contribution in [0.25, 0.3) is 0 Å². The summed E-state index contributed by atoms with van der Waals surface area (Å²) in [5, 5.41) is 5.63. The van der Waals surface area contributed by atoms with Gasteiger partial charge in [0, 0.05) is 18.0 Å². The summed E-state index contributed by atoms with van der Waals surface area (Å²) >= 11 is 0. The molecule has 1 saturated carbocycles. The molecule has 0 bridgehead atoms. The highest BCUT2D eigenvalue weighted by Crippen LogP contribution is 2.26. The van der Waals surface area contributed by atoms with Crippen molar-refractivity contribution in [3.63, 3.8) is 0 Å². The first kappa shape index (κ1) is 21.7. The van der Waals surface area contributed by atoms with E-state index in [2.05, 4.69) is 10.6 Å². The van der Waals surface area contributed by atoms with Crippen LogP contribution in [0.2, 0.25) is 0 Å². The van der Waals surface area contributed by atoms with E-state index in [1.165, 1.54) is 6.92 Å². The zero-order valence-electron chi connectivity index (χ0n) is 17.0. The van der Waals surface area contributed by atoms with Crippen LogP contribution in [0.1, 0.15) is 52.5 Å². The molecule has 1 aliphatic carbocycles. The second-order valence-corrected chi connectivity index (χ2v) is 8.19. The first-order chi connectivity index (χ1) is 13.1. The van der Waals surface area contributed by atoms with Gasteiger partial charge in [0.15, 0.2) is 0 Å². The molecule has 7 nitrogen and oxygen atoms in total. The number of ether oxygens (including phenoxy) is 2. The van der Waals surface area contributed by atoms with Gasteiger partial charge in [0.2, 0.25) is 0 Å². The Morgan fingerprint density at radius 2 is 1.71 bits per heavy atom. The number of Topliss-reactive ketones (excluding diaryl/α,β-unsaturated/α-hetero) is 1. The van der Waals surface area contributed by atoms with Gasteiger partial charge in [-0.1, -0.05) is 30.3 Å². The summed E-state index contributed by atoms with van der Waals surface area (Å²) in [5.74, 6) is -0.401. The molecule has 2 N–H and O–H groups in total. The average Bonchev–Trinajstić information content (AvgIpc) is 2.60. The van der Waals surface area contributed by atoms with Crippen LogP contribution in [0.4, 0.5) is 9.59 Å². The molecule has 1 aromatic carbocycles. The molecule has 0 aliphatic heterocycles. The Kier molecular flexibility index (Phi) is 7.43. The fourth-order valence-electron chi connectivity index (χ4n) is 3.31. The van der Waals surface area contributed by atoms with Gasteiger partial charge < -0.3 is 20.1 Å². The number of nitrogens with one attached hydrogen (secondary N) is 2. The number of rotatable bonds is 5. The van der Waals surface area contributed by atoms with Crippen LogP contribution >= 0.6 is 0 Å². The maximum atomic E-state index is 12.1. The van der Waals surface area contributed by atoms with Crippen molar-refractivity contribution >= 4 is 18.0 Å². The summed E-state index contributed by atoms with van der Waals surface area (Å²) in [6.07, 6.45) is 0.642. The Morgan fingerprint density at radius 3 is 2.32 bits per heavy atom. The fraction of sp³-hybridized carbons (Fsp3) is 0.571. The zero-order chi connectivity index (χ0) is 20.7. The van der Waals surface area contributed by atoms with Crippen LogP contribution in [-0.2, 0) is 20.9 Å². The average molecular weight is 390 g/mol. The lowest BCUT2D eigenvalue weighted by Crippen LogP contribution is -2.51. The van der Waals surface area contributed by atoms with Crippen LogP contribution in [0.3, 0.4) is 0 Å². The van der Waals surface area contributed by atoms with Gasteiger partial charge in [0.05, 0.1) is 0 Å². The molecule has 7 heteroatoms. The molecule has 28 heavy (non-hydrogen) atoms. The number of hydrogen-bond acceptors (Lipinski definition) is 5. The van der Waals surface area contributed by atoms with Crippen molar-refractivity contribution in [2.45, 2.75) is 71.2 Å². The largest absolute Gasteiger partial charge is 0.445 e. The molecule has 1 aliphatic rings. The topological polar surface area (TPSA) is 93.7 Å². The number of hydrogen-bond donors (Lipinski definition) is 2. The maximum absolute atomic E-state index is 12.1. The minimum atomic E-state index is -0.578. The van der Waals surface area contributed by atoms with Crippen molar-refractivity contribution in [3.05, 3.63) is 35.9 Å². The molecule has 0 saturated heterocycles. The molecule has 0 radical (unpaired) electrons. The Hall–Kier alpha value is -2.57. The van der Waals surface area contributed by atoms with Gasteiger partial charge in [-0.05, 0) is 52.5 Å². The molecule has 0 spiro atoms. The zero-order valence-corrected chi connectivity index (χ0v) is 17.0. The standard InChI is InChI=1S/C21H30N2O5/c1-14(24)17-12-16(22-20(26)28-21(2,3)4)10-11-18(17)23-19(25)27-13-15-8-6-5-7-9-15/h5-9,16-18H,10-13H2,1-4H3,(H,22,26)(H,23,25). The monoisotopic (exact) mass is 390 g/mol. The first-order valence-electron chi connectivity index (χ1n) is 9.61. The van der Waals surface area contributed by atoms with Gasteiger partial charge in [0.1, 0.15) is 18.0 Å². The van der Waals surface area contributed by atoms with Crippen molar-refractivity contribution in [1.29, 1.82) is 0 Å². The molecule has 2 amide bonds. The summed E-state index contributed by atoms with van der Waals surface area (Å²) in [6.45, 7) is 7.07. The summed E-state index contributed by atoms with van der Waals surface area (Å²) in [5.41, 5.74) is 0.316. The van der Waals surface area contributed by atoms with E-state index in [-0.39, 0.29) is 30.4 Å². The maximum Gasteiger partial charge on any atom is 0.407 e. The van der Waals surface area contributed by atoms with Gasteiger partial charge in [-0.15, -0.1) is 0 Å². The van der Waals surface area contributed by atoms with E-state index in [4.69, 9.17) is 9.47 Å². The van der Waals surface area contributed by atoms with Crippen LogP contribution in [-0.4, -0.2) is 35.7 Å². The van der Waals surface area contributed by atoms with Gasteiger partial charge in [0.25, 0.3) is 0 Å². The molecule has 1 aromatic rings. The second-order valence-electron chi connectivity index (χ2n) is 8.19. The highest BCUT2D eigenvalue weighted by molar-refractivity contribution is 5.80. The van der Waals surface area contributed by atoms with E-state index in [1.54, 1.807) is 20.8 Å². The fourth-order valence-corrected chi connectivity index (χ4v) is 3.31. The van der Waals surface area contributed by atoms with E-state index in [9.17, 15) is 14.4 Å². The van der Waals surface area contributed by atoms with Crippen molar-refractivity contribution in [3.8, 4) is 0 Å². The summed E-state index contributed by atoms with van der Waals surface area (Å²) in [4.78, 5) is 36.2. The van der Waals surface area contributed by atoms with Crippen molar-refractivity contribution < 1.29 is 23.9 Å². The number of amides is 2. The summed E-state index contributed by atoms with van der Waals surface area (Å²) in [6, 6.07) is 8.92. The number of carbonyl (C=O) groups is 3. The van der Waals surface area contributed by atoms with Gasteiger partial charge >= 0.3 is 12.2 Å². The highest BCUT2D eigenvalue weighted by atomic mass is 16.6. The van der Waals surface area contributed by atoms with Crippen LogP contribution in [0.15, 0.2) is 30.3 Å². The Balaban J connectivity index is 1.85. The molecule has 3 atom stereocenters. The SMILES string of the molecule is CC(=O)C1CC(NC(=O)OC(C)(C)C)CCC1NC(=O)OCc1ccccc1. The second kappa shape index (κ2) is 9.57. The number of alkyl carbamates (subject to hydrolysis) is 2. The normalized spacial score (nSPS) is 22.1. The lowest BCUT2D eigenvalue weighted by atomic mass is 9.79. The first-order valence-corrected chi connectivity index (χ1v) is 9.61. The van der Waals surface area contributed by atoms with Crippen LogP contribution in [0, 0.1) is 5.92 Å². The molecule has 0 aromatic heterocycles. The van der Waals surface area contributed by atoms with E-state index in [0.717, 1.165) is 5.56 Å². The van der Waals surface area contributed by atoms with Crippen molar-refractivity contribution in [2.75, 3.05) is 0 Å². The molecule has 154 valence electrons. The van der Waals surface area contributed by atoms with Crippen molar-refractivity contribution in [1.82, 2.24) is 10.6 Å². The van der Waals surface area contributed by atoms with Gasteiger partial charge in [-0.2, -0.15) is 0 Å². The third kappa shape index (κ3) is 7.21. The Labute approximate surface area is 166 Å². The Bertz CT molecular complexity index is 684. The molecule has 3 unspecified atom stereocenters. The van der Waals surface area contributed by atoms with Crippen molar-refractivity contribution in [2.24, 2.45) is 5.92 Å². The quantitative estimate of drug-likeness (QED) is 0.802. The minimum absolute atomic E-state index is 0.0240. The number of carbonyl (C=O) groups excluding carboxylic acids is 3. The third-order valence-corrected chi connectivity index (χ3v) is 4.61. The Morgan fingerprint density at radius 1 is 1.04 bits per heavy atom. The smallest absolute Gasteiger partial charge is 0.407 e. The highest BCUT2D eigenvalue weighted by Gasteiger charge is 2.35. The third-order valence-electron chi connectivity index (χ3n) is 4.61. The lowest BCUT2D eigenvalue weighted by molar-refractivity contribution is -0.122. The van der Waals surface area contributed by atoms with E-state index < -0.39 is 17.8 Å². The molecular weight excluding hydrogens is 360 g/mol. The van der Waals surface area contributed by atoms with E-state index in [0.29, 0.717) is 19.3 Å². The summed E-state index contributed by atoms with van der Waals surface area (Å²) < 4.78 is 10.5. The molecule has 2 rings (SSSR count). The molecule has 1 fully saturated rings. The number of ketones is 1. The van der Waals surface area contributed by atoms with E-state index in [1.807, 2.05) is 30.3 Å². The minimum Gasteiger partial charge on any atom is -0.445 e. The number of benzene rings is 1. The van der Waals surface area contributed by atoms with Gasteiger partial charge in [-0.3, -0.25) is 4.79 Å². The predicted molar refractivity (Wildman–Crippen MR) is 105 cm³/mol. The lowest BCUT2D eigenvalue weighted by Gasteiger charge is -2.35.